The average molecular weight is 391 g/mol. The summed E-state index contributed by atoms with van der Waals surface area (Å²) >= 11 is 0. The molecule has 6 nitrogen and oxygen atoms in total. The minimum atomic E-state index is -0.807. The van der Waals surface area contributed by atoms with Crippen molar-refractivity contribution in [1.82, 2.24) is 14.5 Å². The maximum absolute atomic E-state index is 12.7. The highest BCUT2D eigenvalue weighted by Gasteiger charge is 2.26. The van der Waals surface area contributed by atoms with Crippen LogP contribution in [0.25, 0.3) is 11.0 Å². The second kappa shape index (κ2) is 8.47. The van der Waals surface area contributed by atoms with E-state index in [1.54, 1.807) is 0 Å². The van der Waals surface area contributed by atoms with Crippen LogP contribution < -0.4 is 0 Å². The van der Waals surface area contributed by atoms with Gasteiger partial charge in [-0.3, -0.25) is 9.59 Å². The first-order valence-corrected chi connectivity index (χ1v) is 10.1. The summed E-state index contributed by atoms with van der Waals surface area (Å²) in [6, 6.07) is 14.4. The number of unbranched alkanes of at least 4 members (excludes halogenated alkanes) is 1. The lowest BCUT2D eigenvalue weighted by atomic mass is 10.0. The molecule has 0 atom stereocenters. The Bertz CT molecular complexity index is 1030. The summed E-state index contributed by atoms with van der Waals surface area (Å²) in [5, 5.41) is 9.93. The Balaban J connectivity index is 1.56. The third kappa shape index (κ3) is 4.16. The van der Waals surface area contributed by atoms with E-state index in [9.17, 15) is 9.59 Å². The monoisotopic (exact) mass is 391 g/mol. The van der Waals surface area contributed by atoms with Crippen molar-refractivity contribution in [3.8, 4) is 0 Å². The van der Waals surface area contributed by atoms with Crippen molar-refractivity contribution in [1.29, 1.82) is 0 Å². The first-order chi connectivity index (χ1) is 14.1. The number of carboxylic acid groups (broad SMARTS) is 1. The Morgan fingerprint density at radius 3 is 2.62 bits per heavy atom. The molecule has 1 aliphatic heterocycles. The molecule has 1 aliphatic rings. The standard InChI is InChI=1S/C23H25N3O3/c27-21(10-4-5-11-22(28)29)25-14-12-18-19-9-6-13-24-23(19)26(20(18)16-25)15-17-7-2-1-3-8-17/h1-3,6-9,13H,4-5,10-12,14-16H2,(H,28,29). The van der Waals surface area contributed by atoms with Crippen LogP contribution in [0.5, 0.6) is 0 Å². The third-order valence-electron chi connectivity index (χ3n) is 5.58. The minimum Gasteiger partial charge on any atom is -0.481 e. The molecule has 4 rings (SSSR count). The van der Waals surface area contributed by atoms with Crippen molar-refractivity contribution >= 4 is 22.9 Å². The van der Waals surface area contributed by atoms with Crippen LogP contribution in [-0.2, 0) is 29.1 Å². The van der Waals surface area contributed by atoms with Crippen LogP contribution in [0.15, 0.2) is 48.7 Å². The molecule has 0 aliphatic carbocycles. The topological polar surface area (TPSA) is 75.4 Å². The fourth-order valence-corrected chi connectivity index (χ4v) is 4.12. The molecule has 0 saturated carbocycles. The Morgan fingerprint density at radius 2 is 1.83 bits per heavy atom. The molecule has 1 N–H and O–H groups in total. The van der Waals surface area contributed by atoms with E-state index in [1.165, 1.54) is 16.5 Å². The smallest absolute Gasteiger partial charge is 0.303 e. The number of nitrogens with zero attached hydrogens (tertiary/aromatic N) is 3. The number of carbonyl (C=O) groups is 2. The van der Waals surface area contributed by atoms with E-state index < -0.39 is 5.97 Å². The number of hydrogen-bond acceptors (Lipinski definition) is 3. The van der Waals surface area contributed by atoms with Gasteiger partial charge >= 0.3 is 5.97 Å². The highest BCUT2D eigenvalue weighted by atomic mass is 16.4. The van der Waals surface area contributed by atoms with E-state index in [4.69, 9.17) is 5.11 Å². The van der Waals surface area contributed by atoms with Crippen LogP contribution in [0.4, 0.5) is 0 Å². The number of fused-ring (bicyclic) bond motifs is 3. The van der Waals surface area contributed by atoms with E-state index in [2.05, 4.69) is 27.8 Å². The van der Waals surface area contributed by atoms with Crippen LogP contribution in [-0.4, -0.2) is 38.0 Å². The molecule has 0 spiro atoms. The molecule has 0 saturated heterocycles. The first-order valence-electron chi connectivity index (χ1n) is 10.1. The lowest BCUT2D eigenvalue weighted by Gasteiger charge is -2.28. The summed E-state index contributed by atoms with van der Waals surface area (Å²) in [5.41, 5.74) is 4.62. The number of rotatable bonds is 7. The van der Waals surface area contributed by atoms with Crippen LogP contribution in [0.1, 0.15) is 42.5 Å². The summed E-state index contributed by atoms with van der Waals surface area (Å²) < 4.78 is 2.24. The largest absolute Gasteiger partial charge is 0.481 e. The maximum Gasteiger partial charge on any atom is 0.303 e. The molecule has 1 aromatic carbocycles. The number of hydrogen-bond donors (Lipinski definition) is 1. The maximum atomic E-state index is 12.7. The Kier molecular flexibility index (Phi) is 5.60. The number of carbonyl (C=O) groups excluding carboxylic acids is 1. The van der Waals surface area contributed by atoms with E-state index >= 15 is 0 Å². The quantitative estimate of drug-likeness (QED) is 0.624. The van der Waals surface area contributed by atoms with Crippen molar-refractivity contribution in [2.75, 3.05) is 6.54 Å². The average Bonchev–Trinajstić information content (AvgIpc) is 3.05. The van der Waals surface area contributed by atoms with Gasteiger partial charge in [0.2, 0.25) is 5.91 Å². The molecule has 0 unspecified atom stereocenters. The Labute approximate surface area is 169 Å². The van der Waals surface area contributed by atoms with Crippen LogP contribution in [0.2, 0.25) is 0 Å². The second-order valence-electron chi connectivity index (χ2n) is 7.54. The molecular formula is C23H25N3O3. The van der Waals surface area contributed by atoms with Gasteiger partial charge in [0.25, 0.3) is 0 Å². The SMILES string of the molecule is O=C(O)CCCCC(=O)N1CCc2c(n(Cc3ccccc3)c3ncccc23)C1. The van der Waals surface area contributed by atoms with E-state index in [1.807, 2.05) is 35.4 Å². The first kappa shape index (κ1) is 19.2. The van der Waals surface area contributed by atoms with E-state index in [0.29, 0.717) is 32.4 Å². The molecule has 1 amide bonds. The van der Waals surface area contributed by atoms with Gasteiger partial charge in [-0.2, -0.15) is 0 Å². The summed E-state index contributed by atoms with van der Waals surface area (Å²) in [7, 11) is 0. The number of carboxylic acids is 1. The van der Waals surface area contributed by atoms with Crippen LogP contribution in [0.3, 0.4) is 0 Å². The van der Waals surface area contributed by atoms with Gasteiger partial charge in [-0.25, -0.2) is 4.98 Å². The molecule has 0 radical (unpaired) electrons. The minimum absolute atomic E-state index is 0.102. The zero-order valence-corrected chi connectivity index (χ0v) is 16.4. The molecule has 0 fully saturated rings. The van der Waals surface area contributed by atoms with E-state index in [-0.39, 0.29) is 12.3 Å². The van der Waals surface area contributed by atoms with Gasteiger partial charge in [-0.1, -0.05) is 30.3 Å². The fourth-order valence-electron chi connectivity index (χ4n) is 4.12. The highest BCUT2D eigenvalue weighted by molar-refractivity contribution is 5.84. The molecule has 29 heavy (non-hydrogen) atoms. The van der Waals surface area contributed by atoms with Gasteiger partial charge < -0.3 is 14.6 Å². The van der Waals surface area contributed by atoms with Crippen molar-refractivity contribution < 1.29 is 14.7 Å². The molecule has 0 bridgehead atoms. The fraction of sp³-hybridized carbons (Fsp3) is 0.348. The van der Waals surface area contributed by atoms with Crippen molar-refractivity contribution in [3.05, 3.63) is 65.5 Å². The number of aliphatic carboxylic acids is 1. The molecule has 3 aromatic rings. The van der Waals surface area contributed by atoms with Gasteiger partial charge in [0.1, 0.15) is 5.65 Å². The number of benzene rings is 1. The molecule has 6 heteroatoms. The summed E-state index contributed by atoms with van der Waals surface area (Å²) in [6.07, 6.45) is 4.32. The van der Waals surface area contributed by atoms with Crippen LogP contribution >= 0.6 is 0 Å². The van der Waals surface area contributed by atoms with Crippen molar-refractivity contribution in [3.63, 3.8) is 0 Å². The number of pyridine rings is 1. The summed E-state index contributed by atoms with van der Waals surface area (Å²) in [6.45, 7) is 2.00. The summed E-state index contributed by atoms with van der Waals surface area (Å²) in [5.74, 6) is -0.705. The zero-order valence-electron chi connectivity index (χ0n) is 16.4. The van der Waals surface area contributed by atoms with Gasteiger partial charge in [0.15, 0.2) is 0 Å². The summed E-state index contributed by atoms with van der Waals surface area (Å²) in [4.78, 5) is 29.9. The van der Waals surface area contributed by atoms with Gasteiger partial charge in [0.05, 0.1) is 6.54 Å². The molecule has 3 heterocycles. The van der Waals surface area contributed by atoms with E-state index in [0.717, 1.165) is 24.3 Å². The number of amides is 1. The normalized spacial score (nSPS) is 13.4. The second-order valence-corrected chi connectivity index (χ2v) is 7.54. The van der Waals surface area contributed by atoms with Crippen molar-refractivity contribution in [2.45, 2.75) is 45.2 Å². The predicted molar refractivity (Wildman–Crippen MR) is 111 cm³/mol. The predicted octanol–water partition coefficient (Wildman–Crippen LogP) is 3.61. The highest BCUT2D eigenvalue weighted by Crippen LogP contribution is 2.30. The lowest BCUT2D eigenvalue weighted by Crippen LogP contribution is -2.36. The molecular weight excluding hydrogens is 366 g/mol. The number of aromatic nitrogens is 2. The van der Waals surface area contributed by atoms with Gasteiger partial charge in [0, 0.05) is 43.2 Å². The third-order valence-corrected chi connectivity index (χ3v) is 5.58. The lowest BCUT2D eigenvalue weighted by molar-refractivity contribution is -0.137. The molecule has 2 aromatic heterocycles. The van der Waals surface area contributed by atoms with Crippen LogP contribution in [0, 0.1) is 0 Å². The Hall–Kier alpha value is -3.15. The van der Waals surface area contributed by atoms with Gasteiger partial charge in [-0.15, -0.1) is 0 Å². The molecule has 150 valence electrons. The van der Waals surface area contributed by atoms with Gasteiger partial charge in [-0.05, 0) is 42.5 Å². The van der Waals surface area contributed by atoms with Crippen molar-refractivity contribution in [2.24, 2.45) is 0 Å². The Morgan fingerprint density at radius 1 is 1.03 bits per heavy atom. The zero-order chi connectivity index (χ0) is 20.2.